The van der Waals surface area contributed by atoms with E-state index in [-0.39, 0.29) is 12.3 Å². The van der Waals surface area contributed by atoms with Crippen LogP contribution in [-0.4, -0.2) is 18.0 Å². The van der Waals surface area contributed by atoms with Gasteiger partial charge in [0.05, 0.1) is 30.4 Å². The Balaban J connectivity index is 1.76. The van der Waals surface area contributed by atoms with Crippen molar-refractivity contribution in [1.29, 1.82) is 0 Å². The van der Waals surface area contributed by atoms with Crippen molar-refractivity contribution in [2.75, 3.05) is 18.2 Å². The van der Waals surface area contributed by atoms with E-state index in [0.717, 1.165) is 10.9 Å². The molecule has 1 amide bonds. The molecule has 1 heterocycles. The number of amides is 1. The zero-order chi connectivity index (χ0) is 16.2. The predicted octanol–water partition coefficient (Wildman–Crippen LogP) is 3.01. The third kappa shape index (κ3) is 3.40. The molecule has 0 atom stereocenters. The van der Waals surface area contributed by atoms with Crippen molar-refractivity contribution < 1.29 is 9.53 Å². The minimum Gasteiger partial charge on any atom is -0.497 e. The number of carbonyl (C=O) groups excluding carboxylic acids is 1. The van der Waals surface area contributed by atoms with Crippen LogP contribution in [0.2, 0.25) is 0 Å². The molecule has 3 aromatic rings. The molecule has 5 heteroatoms. The van der Waals surface area contributed by atoms with Crippen LogP contribution in [-0.2, 0) is 11.2 Å². The molecule has 5 nitrogen and oxygen atoms in total. The maximum atomic E-state index is 12.2. The van der Waals surface area contributed by atoms with Gasteiger partial charge in [-0.3, -0.25) is 9.78 Å². The molecule has 0 aliphatic carbocycles. The smallest absolute Gasteiger partial charge is 0.230 e. The van der Waals surface area contributed by atoms with Crippen molar-refractivity contribution >= 4 is 28.2 Å². The highest BCUT2D eigenvalue weighted by atomic mass is 16.5. The van der Waals surface area contributed by atoms with Gasteiger partial charge >= 0.3 is 0 Å². The average Bonchev–Trinajstić information content (AvgIpc) is 2.56. The van der Waals surface area contributed by atoms with Gasteiger partial charge in [-0.15, -0.1) is 0 Å². The summed E-state index contributed by atoms with van der Waals surface area (Å²) in [5, 5.41) is 3.80. The first-order chi connectivity index (χ1) is 11.2. The molecule has 3 rings (SSSR count). The second kappa shape index (κ2) is 6.36. The quantitative estimate of drug-likeness (QED) is 0.726. The van der Waals surface area contributed by atoms with Gasteiger partial charge < -0.3 is 15.8 Å². The van der Waals surface area contributed by atoms with Crippen LogP contribution in [0.3, 0.4) is 0 Å². The van der Waals surface area contributed by atoms with Gasteiger partial charge in [0, 0.05) is 17.1 Å². The van der Waals surface area contributed by atoms with E-state index in [0.29, 0.717) is 22.8 Å². The number of nitrogens with two attached hydrogens (primary N) is 1. The van der Waals surface area contributed by atoms with Crippen molar-refractivity contribution in [2.24, 2.45) is 0 Å². The molecule has 0 unspecified atom stereocenters. The van der Waals surface area contributed by atoms with Crippen molar-refractivity contribution in [2.45, 2.75) is 6.42 Å². The number of nitrogens with zero attached hydrogens (tertiary/aromatic N) is 1. The van der Waals surface area contributed by atoms with E-state index in [2.05, 4.69) is 10.3 Å². The van der Waals surface area contributed by atoms with Crippen LogP contribution in [0.15, 0.2) is 54.6 Å². The number of nitrogen functional groups attached to an aromatic ring is 1. The van der Waals surface area contributed by atoms with Crippen molar-refractivity contribution in [1.82, 2.24) is 4.98 Å². The SMILES string of the molecule is COc1cccc(NC(=O)Cc2ccc3cccc(N)c3n2)c1. The van der Waals surface area contributed by atoms with Gasteiger partial charge in [0.25, 0.3) is 0 Å². The summed E-state index contributed by atoms with van der Waals surface area (Å²) in [6, 6.07) is 16.6. The van der Waals surface area contributed by atoms with Crippen LogP contribution < -0.4 is 15.8 Å². The molecule has 0 saturated heterocycles. The zero-order valence-corrected chi connectivity index (χ0v) is 12.7. The number of hydrogen-bond acceptors (Lipinski definition) is 4. The van der Waals surface area contributed by atoms with Crippen molar-refractivity contribution in [3.8, 4) is 5.75 Å². The number of para-hydroxylation sites is 1. The highest BCUT2D eigenvalue weighted by molar-refractivity contribution is 5.93. The zero-order valence-electron chi connectivity index (χ0n) is 12.7. The summed E-state index contributed by atoms with van der Waals surface area (Å²) in [5.74, 6) is 0.555. The Morgan fingerprint density at radius 3 is 2.83 bits per heavy atom. The largest absolute Gasteiger partial charge is 0.497 e. The minimum absolute atomic E-state index is 0.139. The number of nitrogens with one attached hydrogen (secondary N) is 1. The van der Waals surface area contributed by atoms with Gasteiger partial charge in [-0.25, -0.2) is 0 Å². The highest BCUT2D eigenvalue weighted by Gasteiger charge is 2.08. The average molecular weight is 307 g/mol. The summed E-state index contributed by atoms with van der Waals surface area (Å²) in [6.45, 7) is 0. The van der Waals surface area contributed by atoms with E-state index in [9.17, 15) is 4.79 Å². The normalized spacial score (nSPS) is 10.5. The standard InChI is InChI=1S/C18H17N3O2/c1-23-15-6-3-5-13(10-15)20-17(22)11-14-9-8-12-4-2-7-16(19)18(12)21-14/h2-10H,11,19H2,1H3,(H,20,22). The van der Waals surface area contributed by atoms with E-state index >= 15 is 0 Å². The second-order valence-corrected chi connectivity index (χ2v) is 5.18. The summed E-state index contributed by atoms with van der Waals surface area (Å²) < 4.78 is 5.14. The lowest BCUT2D eigenvalue weighted by Crippen LogP contribution is -2.15. The fourth-order valence-corrected chi connectivity index (χ4v) is 2.38. The summed E-state index contributed by atoms with van der Waals surface area (Å²) in [5.41, 5.74) is 8.63. The summed E-state index contributed by atoms with van der Waals surface area (Å²) >= 11 is 0. The topological polar surface area (TPSA) is 77.2 Å². The first kappa shape index (κ1) is 14.8. The highest BCUT2D eigenvalue weighted by Crippen LogP contribution is 2.20. The molecule has 2 aromatic carbocycles. The number of carbonyl (C=O) groups is 1. The number of fused-ring (bicyclic) bond motifs is 1. The molecule has 3 N–H and O–H groups in total. The Bertz CT molecular complexity index is 862. The lowest BCUT2D eigenvalue weighted by molar-refractivity contribution is -0.115. The Morgan fingerprint density at radius 1 is 1.17 bits per heavy atom. The molecule has 1 aromatic heterocycles. The molecule has 0 aliphatic heterocycles. The van der Waals surface area contributed by atoms with Gasteiger partial charge in [-0.1, -0.05) is 24.3 Å². The maximum Gasteiger partial charge on any atom is 0.230 e. The lowest BCUT2D eigenvalue weighted by atomic mass is 10.1. The Labute approximate surface area is 134 Å². The van der Waals surface area contributed by atoms with Gasteiger partial charge in [-0.2, -0.15) is 0 Å². The first-order valence-electron chi connectivity index (χ1n) is 7.24. The fourth-order valence-electron chi connectivity index (χ4n) is 2.38. The number of rotatable bonds is 4. The van der Waals surface area contributed by atoms with E-state index in [4.69, 9.17) is 10.5 Å². The molecule has 0 aliphatic rings. The van der Waals surface area contributed by atoms with Crippen LogP contribution in [0, 0.1) is 0 Å². The van der Waals surface area contributed by atoms with Crippen molar-refractivity contribution in [3.05, 3.63) is 60.3 Å². The van der Waals surface area contributed by atoms with E-state index in [1.54, 1.807) is 19.2 Å². The molecular weight excluding hydrogens is 290 g/mol. The summed E-state index contributed by atoms with van der Waals surface area (Å²) in [4.78, 5) is 16.7. The third-order valence-electron chi connectivity index (χ3n) is 3.50. The minimum atomic E-state index is -0.139. The van der Waals surface area contributed by atoms with Crippen LogP contribution in [0.25, 0.3) is 10.9 Å². The lowest BCUT2D eigenvalue weighted by Gasteiger charge is -2.08. The third-order valence-corrected chi connectivity index (χ3v) is 3.50. The number of anilines is 2. The fraction of sp³-hybridized carbons (Fsp3) is 0.111. The van der Waals surface area contributed by atoms with Gasteiger partial charge in [0.1, 0.15) is 5.75 Å². The van der Waals surface area contributed by atoms with E-state index < -0.39 is 0 Å². The number of ether oxygens (including phenoxy) is 1. The second-order valence-electron chi connectivity index (χ2n) is 5.18. The molecule has 0 fully saturated rings. The molecular formula is C18H17N3O2. The van der Waals surface area contributed by atoms with Crippen molar-refractivity contribution in [3.63, 3.8) is 0 Å². The number of hydrogen-bond donors (Lipinski definition) is 2. The van der Waals surface area contributed by atoms with Crippen LogP contribution in [0.1, 0.15) is 5.69 Å². The number of pyridine rings is 1. The Morgan fingerprint density at radius 2 is 2.00 bits per heavy atom. The predicted molar refractivity (Wildman–Crippen MR) is 91.5 cm³/mol. The molecule has 116 valence electrons. The molecule has 0 saturated carbocycles. The molecule has 0 bridgehead atoms. The maximum absolute atomic E-state index is 12.2. The monoisotopic (exact) mass is 307 g/mol. The molecule has 0 radical (unpaired) electrons. The van der Waals surface area contributed by atoms with Gasteiger partial charge in [0.15, 0.2) is 0 Å². The first-order valence-corrected chi connectivity index (χ1v) is 7.24. The van der Waals surface area contributed by atoms with Crippen LogP contribution in [0.5, 0.6) is 5.75 Å². The number of aromatic nitrogens is 1. The number of benzene rings is 2. The number of methoxy groups -OCH3 is 1. The summed E-state index contributed by atoms with van der Waals surface area (Å²) in [7, 11) is 1.59. The molecule has 23 heavy (non-hydrogen) atoms. The van der Waals surface area contributed by atoms with E-state index in [1.165, 1.54) is 0 Å². The van der Waals surface area contributed by atoms with Gasteiger partial charge in [0.2, 0.25) is 5.91 Å². The van der Waals surface area contributed by atoms with Crippen LogP contribution >= 0.6 is 0 Å². The van der Waals surface area contributed by atoms with Gasteiger partial charge in [-0.05, 0) is 24.3 Å². The Kier molecular flexibility index (Phi) is 4.10. The van der Waals surface area contributed by atoms with E-state index in [1.807, 2.05) is 42.5 Å². The van der Waals surface area contributed by atoms with Crippen LogP contribution in [0.4, 0.5) is 11.4 Å². The molecule has 0 spiro atoms. The summed E-state index contributed by atoms with van der Waals surface area (Å²) in [6.07, 6.45) is 0.182. The Hall–Kier alpha value is -3.08.